The third kappa shape index (κ3) is 4.64. The molecule has 1 aliphatic rings. The lowest BCUT2D eigenvalue weighted by atomic mass is 9.96. The van der Waals surface area contributed by atoms with Crippen molar-refractivity contribution in [1.82, 2.24) is 4.90 Å². The number of rotatable bonds is 4. The molecule has 0 radical (unpaired) electrons. The van der Waals surface area contributed by atoms with Crippen molar-refractivity contribution in [2.45, 2.75) is 26.4 Å². The molecule has 1 amide bonds. The summed E-state index contributed by atoms with van der Waals surface area (Å²) in [5.41, 5.74) is 2.76. The number of amides is 1. The minimum Gasteiger partial charge on any atom is -0.461 e. The molecule has 0 N–H and O–H groups in total. The highest BCUT2D eigenvalue weighted by molar-refractivity contribution is 6.30. The number of nitrogens with zero attached hydrogens (tertiary/aromatic N) is 1. The molecular formula is C21H22ClNO3. The minimum absolute atomic E-state index is 0.0201. The van der Waals surface area contributed by atoms with E-state index in [-0.39, 0.29) is 17.8 Å². The van der Waals surface area contributed by atoms with E-state index < -0.39 is 0 Å². The Morgan fingerprint density at radius 2 is 1.81 bits per heavy atom. The van der Waals surface area contributed by atoms with E-state index >= 15 is 0 Å². The fourth-order valence-electron chi connectivity index (χ4n) is 3.17. The Morgan fingerprint density at radius 1 is 1.12 bits per heavy atom. The summed E-state index contributed by atoms with van der Waals surface area (Å²) < 4.78 is 5.46. The predicted octanol–water partition coefficient (Wildman–Crippen LogP) is 4.24. The summed E-state index contributed by atoms with van der Waals surface area (Å²) in [5, 5.41) is 0.608. The van der Waals surface area contributed by atoms with Crippen LogP contribution >= 0.6 is 11.6 Å². The summed E-state index contributed by atoms with van der Waals surface area (Å²) in [6.07, 6.45) is 1.26. The van der Waals surface area contributed by atoms with Crippen LogP contribution in [0, 0.1) is 12.8 Å². The van der Waals surface area contributed by atoms with Gasteiger partial charge in [-0.05, 0) is 49.6 Å². The predicted molar refractivity (Wildman–Crippen MR) is 101 cm³/mol. The van der Waals surface area contributed by atoms with Crippen molar-refractivity contribution >= 4 is 23.5 Å². The molecule has 0 atom stereocenters. The summed E-state index contributed by atoms with van der Waals surface area (Å²) in [6, 6.07) is 14.8. The molecule has 1 saturated heterocycles. The van der Waals surface area contributed by atoms with Gasteiger partial charge in [-0.25, -0.2) is 0 Å². The lowest BCUT2D eigenvalue weighted by molar-refractivity contribution is -0.151. The second kappa shape index (κ2) is 8.37. The van der Waals surface area contributed by atoms with Gasteiger partial charge >= 0.3 is 5.97 Å². The van der Waals surface area contributed by atoms with Gasteiger partial charge in [-0.2, -0.15) is 0 Å². The molecule has 26 heavy (non-hydrogen) atoms. The van der Waals surface area contributed by atoms with Gasteiger partial charge in [-0.15, -0.1) is 0 Å². The van der Waals surface area contributed by atoms with Gasteiger partial charge in [-0.1, -0.05) is 41.4 Å². The summed E-state index contributed by atoms with van der Waals surface area (Å²) in [4.78, 5) is 26.6. The van der Waals surface area contributed by atoms with E-state index in [4.69, 9.17) is 16.3 Å². The molecule has 1 aliphatic heterocycles. The van der Waals surface area contributed by atoms with Gasteiger partial charge in [0.2, 0.25) is 0 Å². The molecule has 136 valence electrons. The SMILES string of the molecule is Cc1cccc(COC(=O)C2CCN(C(=O)c3ccc(Cl)cc3)CC2)c1. The first-order chi connectivity index (χ1) is 12.5. The van der Waals surface area contributed by atoms with Crippen LogP contribution in [0.3, 0.4) is 0 Å². The van der Waals surface area contributed by atoms with Crippen molar-refractivity contribution in [2.24, 2.45) is 5.92 Å². The molecule has 2 aromatic rings. The smallest absolute Gasteiger partial charge is 0.309 e. The van der Waals surface area contributed by atoms with Gasteiger partial charge in [0.1, 0.15) is 6.61 Å². The van der Waals surface area contributed by atoms with Crippen LogP contribution in [0.15, 0.2) is 48.5 Å². The molecule has 0 spiro atoms. The Hall–Kier alpha value is -2.33. The number of likely N-dealkylation sites (tertiary alicyclic amines) is 1. The molecule has 3 rings (SSSR count). The molecule has 0 bridgehead atoms. The van der Waals surface area contributed by atoms with Crippen LogP contribution in [0.25, 0.3) is 0 Å². The summed E-state index contributed by atoms with van der Waals surface area (Å²) in [5.74, 6) is -0.340. The number of aryl methyl sites for hydroxylation is 1. The highest BCUT2D eigenvalue weighted by Crippen LogP contribution is 2.21. The maximum absolute atomic E-state index is 12.5. The lowest BCUT2D eigenvalue weighted by Gasteiger charge is -2.31. The van der Waals surface area contributed by atoms with E-state index in [9.17, 15) is 9.59 Å². The number of ether oxygens (including phenoxy) is 1. The lowest BCUT2D eigenvalue weighted by Crippen LogP contribution is -2.40. The van der Waals surface area contributed by atoms with Crippen molar-refractivity contribution in [1.29, 1.82) is 0 Å². The van der Waals surface area contributed by atoms with Gasteiger partial charge in [-0.3, -0.25) is 9.59 Å². The second-order valence-electron chi connectivity index (χ2n) is 6.67. The van der Waals surface area contributed by atoms with Crippen molar-refractivity contribution in [3.8, 4) is 0 Å². The third-order valence-electron chi connectivity index (χ3n) is 4.67. The van der Waals surface area contributed by atoms with E-state index in [1.807, 2.05) is 31.2 Å². The third-order valence-corrected chi connectivity index (χ3v) is 4.92. The largest absolute Gasteiger partial charge is 0.461 e. The maximum atomic E-state index is 12.5. The number of esters is 1. The Bertz CT molecular complexity index is 780. The number of piperidine rings is 1. The molecule has 0 aromatic heterocycles. The second-order valence-corrected chi connectivity index (χ2v) is 7.11. The zero-order chi connectivity index (χ0) is 18.5. The number of halogens is 1. The molecule has 0 aliphatic carbocycles. The standard InChI is InChI=1S/C21H22ClNO3/c1-15-3-2-4-16(13-15)14-26-21(25)18-9-11-23(12-10-18)20(24)17-5-7-19(22)8-6-17/h2-8,13,18H,9-12,14H2,1H3. The monoisotopic (exact) mass is 371 g/mol. The minimum atomic E-state index is -0.176. The number of carbonyl (C=O) groups is 2. The normalized spacial score (nSPS) is 14.9. The summed E-state index contributed by atoms with van der Waals surface area (Å²) >= 11 is 5.86. The van der Waals surface area contributed by atoms with Gasteiger partial charge in [0.05, 0.1) is 5.92 Å². The zero-order valence-electron chi connectivity index (χ0n) is 14.8. The Labute approximate surface area is 158 Å². The van der Waals surface area contributed by atoms with E-state index in [0.29, 0.717) is 43.1 Å². The van der Waals surface area contributed by atoms with Crippen LogP contribution < -0.4 is 0 Å². The number of hydrogen-bond acceptors (Lipinski definition) is 3. The molecule has 4 nitrogen and oxygen atoms in total. The first-order valence-corrected chi connectivity index (χ1v) is 9.18. The molecule has 2 aromatic carbocycles. The topological polar surface area (TPSA) is 46.6 Å². The quantitative estimate of drug-likeness (QED) is 0.755. The molecule has 1 heterocycles. The first kappa shape index (κ1) is 18.5. The first-order valence-electron chi connectivity index (χ1n) is 8.80. The average Bonchev–Trinajstić information content (AvgIpc) is 2.66. The van der Waals surface area contributed by atoms with E-state index in [0.717, 1.165) is 11.1 Å². The van der Waals surface area contributed by atoms with Crippen LogP contribution in [-0.2, 0) is 16.1 Å². The summed E-state index contributed by atoms with van der Waals surface area (Å²) in [6.45, 7) is 3.43. The Kier molecular flexibility index (Phi) is 5.94. The molecule has 5 heteroatoms. The highest BCUT2D eigenvalue weighted by atomic mass is 35.5. The van der Waals surface area contributed by atoms with Crippen molar-refractivity contribution in [2.75, 3.05) is 13.1 Å². The maximum Gasteiger partial charge on any atom is 0.309 e. The van der Waals surface area contributed by atoms with Gasteiger partial charge in [0.15, 0.2) is 0 Å². The van der Waals surface area contributed by atoms with Crippen molar-refractivity contribution in [3.05, 3.63) is 70.2 Å². The van der Waals surface area contributed by atoms with Gasteiger partial charge in [0, 0.05) is 23.7 Å². The van der Waals surface area contributed by atoms with E-state index in [1.165, 1.54) is 0 Å². The summed E-state index contributed by atoms with van der Waals surface area (Å²) in [7, 11) is 0. The average molecular weight is 372 g/mol. The highest BCUT2D eigenvalue weighted by Gasteiger charge is 2.28. The van der Waals surface area contributed by atoms with Gasteiger partial charge in [0.25, 0.3) is 5.91 Å². The van der Waals surface area contributed by atoms with Crippen molar-refractivity contribution < 1.29 is 14.3 Å². The fraction of sp³-hybridized carbons (Fsp3) is 0.333. The van der Waals surface area contributed by atoms with Crippen LogP contribution in [0.5, 0.6) is 0 Å². The fourth-order valence-corrected chi connectivity index (χ4v) is 3.29. The van der Waals surface area contributed by atoms with E-state index in [1.54, 1.807) is 29.2 Å². The van der Waals surface area contributed by atoms with Gasteiger partial charge < -0.3 is 9.64 Å². The Morgan fingerprint density at radius 3 is 2.46 bits per heavy atom. The van der Waals surface area contributed by atoms with Crippen molar-refractivity contribution in [3.63, 3.8) is 0 Å². The molecular weight excluding hydrogens is 350 g/mol. The van der Waals surface area contributed by atoms with Crippen LogP contribution in [0.4, 0.5) is 0 Å². The Balaban J connectivity index is 1.49. The number of benzene rings is 2. The number of carbonyl (C=O) groups excluding carboxylic acids is 2. The molecule has 0 saturated carbocycles. The van der Waals surface area contributed by atoms with Crippen LogP contribution in [-0.4, -0.2) is 29.9 Å². The van der Waals surface area contributed by atoms with Crippen LogP contribution in [0.2, 0.25) is 5.02 Å². The number of hydrogen-bond donors (Lipinski definition) is 0. The molecule has 1 fully saturated rings. The molecule has 0 unspecified atom stereocenters. The van der Waals surface area contributed by atoms with E-state index in [2.05, 4.69) is 0 Å². The van der Waals surface area contributed by atoms with Crippen LogP contribution in [0.1, 0.15) is 34.3 Å². The zero-order valence-corrected chi connectivity index (χ0v) is 15.5.